The van der Waals surface area contributed by atoms with E-state index in [1.54, 1.807) is 0 Å². The minimum absolute atomic E-state index is 0. The van der Waals surface area contributed by atoms with Gasteiger partial charge in [0.05, 0.1) is 18.1 Å². The summed E-state index contributed by atoms with van der Waals surface area (Å²) in [6, 6.07) is 10.3. The highest BCUT2D eigenvalue weighted by atomic mass is 35.5. The van der Waals surface area contributed by atoms with Gasteiger partial charge in [0.1, 0.15) is 16.1 Å². The van der Waals surface area contributed by atoms with Gasteiger partial charge in [0.2, 0.25) is 0 Å². The summed E-state index contributed by atoms with van der Waals surface area (Å²) in [5.41, 5.74) is 7.79. The maximum atomic E-state index is 5.89. The van der Waals surface area contributed by atoms with Crippen LogP contribution in [0.1, 0.15) is 40.7 Å². The molecule has 1 rings (SSSR count). The maximum Gasteiger partial charge on any atom is 0.129 e. The Labute approximate surface area is 189 Å². The molecule has 1 nitrogen and oxygen atoms in total. The maximum absolute atomic E-state index is 5.89. The average Bonchev–Trinajstić information content (AvgIpc) is 2.51. The first kappa shape index (κ1) is 30.2. The second-order valence-electron chi connectivity index (χ2n) is 10.3. The van der Waals surface area contributed by atoms with E-state index in [4.69, 9.17) is 16.3 Å². The first-order valence-electron chi connectivity index (χ1n) is 9.88. The first-order chi connectivity index (χ1) is 12.5. The summed E-state index contributed by atoms with van der Waals surface area (Å²) in [5, 5.41) is 0. The van der Waals surface area contributed by atoms with Gasteiger partial charge in [0.25, 0.3) is 0 Å². The number of rotatable bonds is 4. The predicted octanol–water partition coefficient (Wildman–Crippen LogP) is 7.63. The van der Waals surface area contributed by atoms with Crippen molar-refractivity contribution in [1.82, 2.24) is 0 Å². The molecule has 0 N–H and O–H groups in total. The van der Waals surface area contributed by atoms with Crippen LogP contribution in [0.25, 0.3) is 0 Å². The third-order valence-electron chi connectivity index (χ3n) is 3.09. The molecule has 1 aromatic rings. The third kappa shape index (κ3) is 21.5. The molecule has 4 heteroatoms. The second-order valence-corrected chi connectivity index (χ2v) is 20.8. The van der Waals surface area contributed by atoms with Gasteiger partial charge in [-0.1, -0.05) is 83.0 Å². The Kier molecular flexibility index (Phi) is 13.2. The second kappa shape index (κ2) is 12.7. The lowest BCUT2D eigenvalue weighted by Crippen LogP contribution is -2.21. The van der Waals surface area contributed by atoms with Crippen molar-refractivity contribution < 1.29 is 4.74 Å². The summed E-state index contributed by atoms with van der Waals surface area (Å²) in [4.78, 5) is -0.347. The summed E-state index contributed by atoms with van der Waals surface area (Å²) < 4.78 is 5.76. The van der Waals surface area contributed by atoms with Crippen molar-refractivity contribution in [3.05, 3.63) is 35.9 Å². The SMILES string of the molecule is C.CC(C)(C#C[Si](C)(C)C)COCc1ccccc1.CC(C)(Cl)C#C[Si](C)(C)C. The molecule has 0 amide bonds. The van der Waals surface area contributed by atoms with E-state index in [0.717, 1.165) is 0 Å². The van der Waals surface area contributed by atoms with E-state index in [1.807, 2.05) is 32.0 Å². The van der Waals surface area contributed by atoms with Gasteiger partial charge >= 0.3 is 0 Å². The quantitative estimate of drug-likeness (QED) is 0.260. The van der Waals surface area contributed by atoms with Gasteiger partial charge in [0, 0.05) is 5.41 Å². The van der Waals surface area contributed by atoms with Gasteiger partial charge < -0.3 is 4.74 Å². The smallest absolute Gasteiger partial charge is 0.129 e. The Morgan fingerprint density at radius 2 is 1.28 bits per heavy atom. The fraction of sp³-hybridized carbons (Fsp3) is 0.600. The molecule has 1 aromatic carbocycles. The van der Waals surface area contributed by atoms with Crippen LogP contribution < -0.4 is 0 Å². The Morgan fingerprint density at radius 3 is 1.66 bits per heavy atom. The normalized spacial score (nSPS) is 11.6. The summed E-state index contributed by atoms with van der Waals surface area (Å²) in [6.07, 6.45) is 0. The van der Waals surface area contributed by atoms with Crippen molar-refractivity contribution in [3.8, 4) is 22.9 Å². The van der Waals surface area contributed by atoms with Gasteiger partial charge in [-0.25, -0.2) is 0 Å². The lowest BCUT2D eigenvalue weighted by molar-refractivity contribution is 0.0753. The van der Waals surface area contributed by atoms with E-state index in [0.29, 0.717) is 13.2 Å². The average molecular weight is 451 g/mol. The van der Waals surface area contributed by atoms with Crippen molar-refractivity contribution in [2.45, 2.75) is 85.9 Å². The Bertz CT molecular complexity index is 679. The molecule has 29 heavy (non-hydrogen) atoms. The lowest BCUT2D eigenvalue weighted by atomic mass is 9.96. The Hall–Kier alpha value is -0.976. The largest absolute Gasteiger partial charge is 0.375 e. The molecule has 164 valence electrons. The van der Waals surface area contributed by atoms with Gasteiger partial charge in [-0.3, -0.25) is 0 Å². The monoisotopic (exact) mass is 450 g/mol. The number of benzene rings is 1. The van der Waals surface area contributed by atoms with Gasteiger partial charge in [-0.15, -0.1) is 28.6 Å². The van der Waals surface area contributed by atoms with E-state index in [2.05, 4.69) is 88.2 Å². The van der Waals surface area contributed by atoms with Gasteiger partial charge in [-0.2, -0.15) is 0 Å². The molecule has 0 bridgehead atoms. The van der Waals surface area contributed by atoms with Crippen molar-refractivity contribution >= 4 is 27.7 Å². The van der Waals surface area contributed by atoms with Crippen molar-refractivity contribution in [2.24, 2.45) is 5.41 Å². The number of hydrogen-bond donors (Lipinski definition) is 0. The highest BCUT2D eigenvalue weighted by Gasteiger charge is 2.16. The van der Waals surface area contributed by atoms with Crippen LogP contribution in [0.4, 0.5) is 0 Å². The fourth-order valence-corrected chi connectivity index (χ4v) is 3.25. The topological polar surface area (TPSA) is 9.23 Å². The van der Waals surface area contributed by atoms with Gasteiger partial charge in [-0.05, 0) is 33.3 Å². The minimum Gasteiger partial charge on any atom is -0.375 e. The van der Waals surface area contributed by atoms with E-state index in [1.165, 1.54) is 5.56 Å². The van der Waals surface area contributed by atoms with E-state index in [9.17, 15) is 0 Å². The van der Waals surface area contributed by atoms with E-state index in [-0.39, 0.29) is 17.7 Å². The van der Waals surface area contributed by atoms with Crippen molar-refractivity contribution in [1.29, 1.82) is 0 Å². The number of ether oxygens (including phenoxy) is 1. The van der Waals surface area contributed by atoms with Crippen LogP contribution in [-0.2, 0) is 11.3 Å². The number of halogens is 1. The third-order valence-corrected chi connectivity index (χ3v) is 4.93. The highest BCUT2D eigenvalue weighted by molar-refractivity contribution is 6.84. The molecule has 0 aliphatic heterocycles. The molecule has 0 saturated heterocycles. The molecule has 0 aliphatic rings. The Balaban J connectivity index is 0. The molecule has 0 saturated carbocycles. The van der Waals surface area contributed by atoms with Crippen LogP contribution in [0, 0.1) is 28.3 Å². The van der Waals surface area contributed by atoms with Crippen LogP contribution in [-0.4, -0.2) is 27.6 Å². The van der Waals surface area contributed by atoms with Crippen LogP contribution in [0.5, 0.6) is 0 Å². The predicted molar refractivity (Wildman–Crippen MR) is 139 cm³/mol. The minimum atomic E-state index is -1.29. The zero-order valence-corrected chi connectivity index (χ0v) is 22.3. The highest BCUT2D eigenvalue weighted by Crippen LogP contribution is 2.16. The molecule has 0 aliphatic carbocycles. The molecule has 0 radical (unpaired) electrons. The van der Waals surface area contributed by atoms with Crippen molar-refractivity contribution in [2.75, 3.05) is 6.61 Å². The summed E-state index contributed by atoms with van der Waals surface area (Å²) in [6.45, 7) is 22.9. The summed E-state index contributed by atoms with van der Waals surface area (Å²) in [7, 11) is -2.50. The molecule has 0 heterocycles. The molecule has 0 spiro atoms. The Morgan fingerprint density at radius 1 is 0.828 bits per heavy atom. The van der Waals surface area contributed by atoms with Crippen LogP contribution in [0.2, 0.25) is 39.3 Å². The molecular weight excluding hydrogens is 408 g/mol. The number of hydrogen-bond acceptors (Lipinski definition) is 1. The first-order valence-corrected chi connectivity index (χ1v) is 17.3. The molecule has 0 aromatic heterocycles. The number of alkyl halides is 1. The molecule has 0 fully saturated rings. The molecular formula is C25H43ClOSi2. The zero-order chi connectivity index (χ0) is 22.1. The molecule has 0 atom stereocenters. The van der Waals surface area contributed by atoms with Crippen molar-refractivity contribution in [3.63, 3.8) is 0 Å². The zero-order valence-electron chi connectivity index (χ0n) is 19.6. The summed E-state index contributed by atoms with van der Waals surface area (Å²) >= 11 is 5.89. The summed E-state index contributed by atoms with van der Waals surface area (Å²) in [5.74, 6) is 6.41. The van der Waals surface area contributed by atoms with Crippen LogP contribution in [0.3, 0.4) is 0 Å². The van der Waals surface area contributed by atoms with E-state index >= 15 is 0 Å². The lowest BCUT2D eigenvalue weighted by Gasteiger charge is -2.18. The van der Waals surface area contributed by atoms with Crippen LogP contribution in [0.15, 0.2) is 30.3 Å². The molecule has 0 unspecified atom stereocenters. The van der Waals surface area contributed by atoms with E-state index < -0.39 is 16.1 Å². The van der Waals surface area contributed by atoms with Gasteiger partial charge in [0.15, 0.2) is 0 Å². The fourth-order valence-electron chi connectivity index (χ4n) is 1.73. The standard InChI is InChI=1S/C16H24OSi.C8H15ClSi.CH4/c1-16(2,11-12-18(3,4)5)14-17-13-15-9-7-6-8-10-15;1-8(2,9)6-7-10(3,4)5;/h6-10H,13-14H2,1-5H3;1-5H3;1H4. The van der Waals surface area contributed by atoms with Crippen LogP contribution >= 0.6 is 11.6 Å².